The molecule has 2 heterocycles. The molecule has 0 spiro atoms. The van der Waals surface area contributed by atoms with Gasteiger partial charge in [0, 0.05) is 12.7 Å². The van der Waals surface area contributed by atoms with Crippen molar-refractivity contribution < 1.29 is 9.13 Å². The number of ether oxygens (including phenoxy) is 1. The molecular formula is C13H15FIN3O. The summed E-state index contributed by atoms with van der Waals surface area (Å²) in [7, 11) is 0. The SMILES string of the molecule is Nc1nc2cc(I)c(F)cc2n1CC1CCCCO1. The first-order valence-electron chi connectivity index (χ1n) is 6.37. The summed E-state index contributed by atoms with van der Waals surface area (Å²) >= 11 is 1.96. The molecule has 19 heavy (non-hydrogen) atoms. The lowest BCUT2D eigenvalue weighted by Gasteiger charge is -2.23. The lowest BCUT2D eigenvalue weighted by molar-refractivity contribution is 0.00694. The van der Waals surface area contributed by atoms with E-state index in [4.69, 9.17) is 10.5 Å². The fourth-order valence-corrected chi connectivity index (χ4v) is 2.94. The topological polar surface area (TPSA) is 53.1 Å². The summed E-state index contributed by atoms with van der Waals surface area (Å²) in [5.74, 6) is 0.185. The molecule has 3 rings (SSSR count). The Morgan fingerprint density at radius 2 is 2.32 bits per heavy atom. The van der Waals surface area contributed by atoms with Crippen LogP contribution in [-0.4, -0.2) is 22.3 Å². The molecule has 0 amide bonds. The summed E-state index contributed by atoms with van der Waals surface area (Å²) in [6.07, 6.45) is 3.45. The van der Waals surface area contributed by atoms with Crippen LogP contribution in [0, 0.1) is 9.39 Å². The van der Waals surface area contributed by atoms with Crippen LogP contribution in [0.1, 0.15) is 19.3 Å². The van der Waals surface area contributed by atoms with Gasteiger partial charge in [-0.25, -0.2) is 9.37 Å². The van der Waals surface area contributed by atoms with Crippen molar-refractivity contribution in [1.29, 1.82) is 0 Å². The summed E-state index contributed by atoms with van der Waals surface area (Å²) in [5, 5.41) is 0. The van der Waals surface area contributed by atoms with Crippen LogP contribution in [-0.2, 0) is 11.3 Å². The number of anilines is 1. The van der Waals surface area contributed by atoms with Gasteiger partial charge >= 0.3 is 0 Å². The molecule has 1 aliphatic rings. The van der Waals surface area contributed by atoms with Crippen molar-refractivity contribution >= 4 is 39.6 Å². The number of rotatable bonds is 2. The highest BCUT2D eigenvalue weighted by Gasteiger charge is 2.18. The largest absolute Gasteiger partial charge is 0.376 e. The Kier molecular flexibility index (Phi) is 3.62. The van der Waals surface area contributed by atoms with Gasteiger partial charge in [-0.1, -0.05) is 0 Å². The Morgan fingerprint density at radius 3 is 3.05 bits per heavy atom. The number of halogens is 2. The van der Waals surface area contributed by atoms with Gasteiger partial charge in [-0.3, -0.25) is 0 Å². The first kappa shape index (κ1) is 13.1. The number of nitrogen functional groups attached to an aromatic ring is 1. The van der Waals surface area contributed by atoms with Crippen LogP contribution >= 0.6 is 22.6 Å². The van der Waals surface area contributed by atoms with Crippen LogP contribution in [0.15, 0.2) is 12.1 Å². The van der Waals surface area contributed by atoms with E-state index in [0.717, 1.165) is 30.5 Å². The highest BCUT2D eigenvalue weighted by Crippen LogP contribution is 2.25. The van der Waals surface area contributed by atoms with Gasteiger partial charge in [0.15, 0.2) is 0 Å². The number of hydrogen-bond donors (Lipinski definition) is 1. The van der Waals surface area contributed by atoms with E-state index in [2.05, 4.69) is 4.98 Å². The molecule has 1 aromatic carbocycles. The summed E-state index contributed by atoms with van der Waals surface area (Å²) in [4.78, 5) is 4.29. The van der Waals surface area contributed by atoms with E-state index >= 15 is 0 Å². The summed E-state index contributed by atoms with van der Waals surface area (Å²) < 4.78 is 21.8. The summed E-state index contributed by atoms with van der Waals surface area (Å²) in [6, 6.07) is 3.23. The van der Waals surface area contributed by atoms with E-state index < -0.39 is 0 Å². The third-order valence-electron chi connectivity index (χ3n) is 3.48. The third kappa shape index (κ3) is 2.55. The minimum absolute atomic E-state index is 0.149. The minimum Gasteiger partial charge on any atom is -0.376 e. The van der Waals surface area contributed by atoms with Gasteiger partial charge in [-0.05, 0) is 47.9 Å². The van der Waals surface area contributed by atoms with Gasteiger partial charge in [0.1, 0.15) is 5.82 Å². The molecule has 2 N–H and O–H groups in total. The Bertz CT molecular complexity index is 607. The Balaban J connectivity index is 1.97. The molecule has 2 aromatic rings. The molecule has 1 fully saturated rings. The van der Waals surface area contributed by atoms with Crippen LogP contribution in [0.3, 0.4) is 0 Å². The van der Waals surface area contributed by atoms with Gasteiger partial charge < -0.3 is 15.0 Å². The van der Waals surface area contributed by atoms with Gasteiger partial charge in [0.25, 0.3) is 0 Å². The average molecular weight is 375 g/mol. The first-order valence-corrected chi connectivity index (χ1v) is 7.45. The molecule has 1 aromatic heterocycles. The van der Waals surface area contributed by atoms with Crippen LogP contribution in [0.25, 0.3) is 11.0 Å². The maximum absolute atomic E-state index is 13.7. The second kappa shape index (κ2) is 5.24. The smallest absolute Gasteiger partial charge is 0.201 e. The van der Waals surface area contributed by atoms with Crippen LogP contribution in [0.4, 0.5) is 10.3 Å². The van der Waals surface area contributed by atoms with Gasteiger partial charge in [0.05, 0.1) is 27.3 Å². The van der Waals surface area contributed by atoms with Crippen molar-refractivity contribution in [2.24, 2.45) is 0 Å². The maximum Gasteiger partial charge on any atom is 0.201 e. The molecule has 0 saturated carbocycles. The average Bonchev–Trinajstić information content (AvgIpc) is 2.68. The van der Waals surface area contributed by atoms with Crippen molar-refractivity contribution in [2.45, 2.75) is 31.9 Å². The normalized spacial score (nSPS) is 20.0. The predicted octanol–water partition coefficient (Wildman–Crippen LogP) is 2.93. The van der Waals surface area contributed by atoms with Crippen molar-refractivity contribution in [2.75, 3.05) is 12.3 Å². The quantitative estimate of drug-likeness (QED) is 0.822. The maximum atomic E-state index is 13.7. The lowest BCUT2D eigenvalue weighted by Crippen LogP contribution is -2.25. The fraction of sp³-hybridized carbons (Fsp3) is 0.462. The Morgan fingerprint density at radius 1 is 1.47 bits per heavy atom. The van der Waals surface area contributed by atoms with E-state index in [1.165, 1.54) is 12.5 Å². The van der Waals surface area contributed by atoms with E-state index in [9.17, 15) is 4.39 Å². The van der Waals surface area contributed by atoms with Crippen molar-refractivity contribution in [3.05, 3.63) is 21.5 Å². The number of nitrogens with zero attached hydrogens (tertiary/aromatic N) is 2. The zero-order chi connectivity index (χ0) is 13.4. The number of imidazole rings is 1. The van der Waals surface area contributed by atoms with Crippen LogP contribution < -0.4 is 5.73 Å². The van der Waals surface area contributed by atoms with E-state index in [-0.39, 0.29) is 11.9 Å². The molecule has 102 valence electrons. The minimum atomic E-state index is -0.237. The van der Waals surface area contributed by atoms with Gasteiger partial charge in [0.2, 0.25) is 5.95 Å². The third-order valence-corrected chi connectivity index (χ3v) is 4.31. The number of benzene rings is 1. The molecule has 0 aliphatic carbocycles. The zero-order valence-corrected chi connectivity index (χ0v) is 12.6. The fourth-order valence-electron chi connectivity index (χ4n) is 2.49. The standard InChI is InChI=1S/C13H15FIN3O/c14-9-5-12-11(6-10(9)15)17-13(16)18(12)7-8-3-1-2-4-19-8/h5-6,8H,1-4,7H2,(H2,16,17). The van der Waals surface area contributed by atoms with Crippen molar-refractivity contribution in [1.82, 2.24) is 9.55 Å². The van der Waals surface area contributed by atoms with Crippen molar-refractivity contribution in [3.8, 4) is 0 Å². The van der Waals surface area contributed by atoms with Crippen molar-refractivity contribution in [3.63, 3.8) is 0 Å². The second-order valence-corrected chi connectivity index (χ2v) is 5.99. The monoisotopic (exact) mass is 375 g/mol. The highest BCUT2D eigenvalue weighted by molar-refractivity contribution is 14.1. The number of fused-ring (bicyclic) bond motifs is 1. The van der Waals surface area contributed by atoms with E-state index in [1.54, 1.807) is 6.07 Å². The van der Waals surface area contributed by atoms with E-state index in [1.807, 2.05) is 27.2 Å². The van der Waals surface area contributed by atoms with E-state index in [0.29, 0.717) is 16.1 Å². The number of aromatic nitrogens is 2. The molecule has 1 unspecified atom stereocenters. The molecule has 0 radical (unpaired) electrons. The van der Waals surface area contributed by atoms with Gasteiger partial charge in [-0.2, -0.15) is 0 Å². The first-order chi connectivity index (χ1) is 9.15. The predicted molar refractivity (Wildman–Crippen MR) is 80.4 cm³/mol. The molecule has 6 heteroatoms. The molecule has 1 atom stereocenters. The highest BCUT2D eigenvalue weighted by atomic mass is 127. The molecular weight excluding hydrogens is 360 g/mol. The summed E-state index contributed by atoms with van der Waals surface area (Å²) in [5.41, 5.74) is 7.42. The van der Waals surface area contributed by atoms with Crippen LogP contribution in [0.2, 0.25) is 0 Å². The van der Waals surface area contributed by atoms with Gasteiger partial charge in [-0.15, -0.1) is 0 Å². The zero-order valence-electron chi connectivity index (χ0n) is 10.4. The molecule has 1 aliphatic heterocycles. The Hall–Kier alpha value is -0.890. The second-order valence-electron chi connectivity index (χ2n) is 4.82. The van der Waals surface area contributed by atoms with Crippen LogP contribution in [0.5, 0.6) is 0 Å². The molecule has 0 bridgehead atoms. The Labute approximate surface area is 124 Å². The molecule has 1 saturated heterocycles. The summed E-state index contributed by atoms with van der Waals surface area (Å²) in [6.45, 7) is 1.44. The number of nitrogens with two attached hydrogens (primary N) is 1. The lowest BCUT2D eigenvalue weighted by atomic mass is 10.1. The molecule has 4 nitrogen and oxygen atoms in total. The number of hydrogen-bond acceptors (Lipinski definition) is 3.